The zero-order valence-corrected chi connectivity index (χ0v) is 16.4. The van der Waals surface area contributed by atoms with Gasteiger partial charge < -0.3 is 15.4 Å². The van der Waals surface area contributed by atoms with Gasteiger partial charge in [0.25, 0.3) is 5.91 Å². The molecule has 1 heterocycles. The molecule has 1 aromatic heterocycles. The predicted molar refractivity (Wildman–Crippen MR) is 112 cm³/mol. The summed E-state index contributed by atoms with van der Waals surface area (Å²) in [6.07, 6.45) is 4.01. The number of ether oxygens (including phenoxy) is 1. The minimum absolute atomic E-state index is 0.144. The van der Waals surface area contributed by atoms with Crippen molar-refractivity contribution in [3.05, 3.63) is 88.7 Å². The van der Waals surface area contributed by atoms with Gasteiger partial charge in [0.15, 0.2) is 0 Å². The van der Waals surface area contributed by atoms with E-state index in [1.54, 1.807) is 25.6 Å². The van der Waals surface area contributed by atoms with Crippen LogP contribution in [0.2, 0.25) is 5.02 Å². The highest BCUT2D eigenvalue weighted by atomic mass is 35.5. The van der Waals surface area contributed by atoms with E-state index >= 15 is 0 Å². The molecule has 28 heavy (non-hydrogen) atoms. The Morgan fingerprint density at radius 2 is 1.75 bits per heavy atom. The van der Waals surface area contributed by atoms with E-state index in [0.717, 1.165) is 29.0 Å². The first-order chi connectivity index (χ1) is 13.6. The molecule has 0 aliphatic heterocycles. The Morgan fingerprint density at radius 3 is 2.46 bits per heavy atom. The molecule has 0 radical (unpaired) electrons. The van der Waals surface area contributed by atoms with Crippen LogP contribution >= 0.6 is 11.6 Å². The SMILES string of the molecule is COc1ccc(CNc2cncc(C(=O)NCCc3ccc(Cl)cc3)c2)cc1. The summed E-state index contributed by atoms with van der Waals surface area (Å²) in [4.78, 5) is 16.5. The van der Waals surface area contributed by atoms with E-state index in [9.17, 15) is 4.79 Å². The molecule has 3 rings (SSSR count). The van der Waals surface area contributed by atoms with Crippen LogP contribution in [0.4, 0.5) is 5.69 Å². The van der Waals surface area contributed by atoms with Gasteiger partial charge in [-0.1, -0.05) is 35.9 Å². The van der Waals surface area contributed by atoms with Crippen molar-refractivity contribution in [2.24, 2.45) is 0 Å². The van der Waals surface area contributed by atoms with Crippen molar-refractivity contribution in [2.75, 3.05) is 19.0 Å². The average Bonchev–Trinajstić information content (AvgIpc) is 2.74. The number of hydrogen-bond donors (Lipinski definition) is 2. The van der Waals surface area contributed by atoms with E-state index in [4.69, 9.17) is 16.3 Å². The van der Waals surface area contributed by atoms with Crippen molar-refractivity contribution in [1.82, 2.24) is 10.3 Å². The molecule has 5 nitrogen and oxygen atoms in total. The Morgan fingerprint density at radius 1 is 1.04 bits per heavy atom. The molecule has 1 amide bonds. The van der Waals surface area contributed by atoms with Crippen molar-refractivity contribution in [2.45, 2.75) is 13.0 Å². The molecule has 2 N–H and O–H groups in total. The number of carbonyl (C=O) groups excluding carboxylic acids is 1. The maximum absolute atomic E-state index is 12.4. The van der Waals surface area contributed by atoms with E-state index in [1.165, 1.54) is 0 Å². The van der Waals surface area contributed by atoms with Gasteiger partial charge in [-0.3, -0.25) is 9.78 Å². The summed E-state index contributed by atoms with van der Waals surface area (Å²) in [6.45, 7) is 1.18. The smallest absolute Gasteiger partial charge is 0.252 e. The lowest BCUT2D eigenvalue weighted by Gasteiger charge is -2.09. The summed E-state index contributed by atoms with van der Waals surface area (Å²) >= 11 is 5.88. The highest BCUT2D eigenvalue weighted by Crippen LogP contribution is 2.14. The number of hydrogen-bond acceptors (Lipinski definition) is 4. The predicted octanol–water partition coefficient (Wildman–Crippen LogP) is 4.33. The molecule has 0 bridgehead atoms. The van der Waals surface area contributed by atoms with Gasteiger partial charge in [-0.25, -0.2) is 0 Å². The first-order valence-corrected chi connectivity index (χ1v) is 9.36. The molecule has 144 valence electrons. The van der Waals surface area contributed by atoms with Gasteiger partial charge in [0.05, 0.1) is 18.4 Å². The standard InChI is InChI=1S/C22H22ClN3O2/c1-28-21-8-4-17(5-9-21)13-26-20-12-18(14-24-15-20)22(27)25-11-10-16-2-6-19(23)7-3-16/h2-9,12,14-15,26H,10-11,13H2,1H3,(H,25,27). The molecule has 0 saturated carbocycles. The normalized spacial score (nSPS) is 10.4. The summed E-state index contributed by atoms with van der Waals surface area (Å²) in [5, 5.41) is 6.91. The van der Waals surface area contributed by atoms with Gasteiger partial charge in [0.1, 0.15) is 5.75 Å². The summed E-state index contributed by atoms with van der Waals surface area (Å²) in [7, 11) is 1.64. The fourth-order valence-corrected chi connectivity index (χ4v) is 2.81. The topological polar surface area (TPSA) is 63.2 Å². The van der Waals surface area contributed by atoms with Crippen molar-refractivity contribution < 1.29 is 9.53 Å². The molecule has 3 aromatic rings. The van der Waals surface area contributed by atoms with Crippen molar-refractivity contribution in [1.29, 1.82) is 0 Å². The number of pyridine rings is 1. The van der Waals surface area contributed by atoms with E-state index in [2.05, 4.69) is 15.6 Å². The summed E-state index contributed by atoms with van der Waals surface area (Å²) < 4.78 is 5.16. The number of nitrogens with zero attached hydrogens (tertiary/aromatic N) is 1. The van der Waals surface area contributed by atoms with Gasteiger partial charge in [0, 0.05) is 30.5 Å². The van der Waals surface area contributed by atoms with Crippen LogP contribution in [0.5, 0.6) is 5.75 Å². The molecule has 0 unspecified atom stereocenters. The maximum atomic E-state index is 12.4. The summed E-state index contributed by atoms with van der Waals surface area (Å²) in [5.41, 5.74) is 3.55. The molecule has 0 aliphatic rings. The monoisotopic (exact) mass is 395 g/mol. The molecule has 0 spiro atoms. The third-order valence-corrected chi connectivity index (χ3v) is 4.52. The fraction of sp³-hybridized carbons (Fsp3) is 0.182. The second kappa shape index (κ2) is 9.76. The van der Waals surface area contributed by atoms with Gasteiger partial charge >= 0.3 is 0 Å². The second-order valence-corrected chi connectivity index (χ2v) is 6.73. The lowest BCUT2D eigenvalue weighted by molar-refractivity contribution is 0.0954. The van der Waals surface area contributed by atoms with Crippen molar-refractivity contribution in [3.63, 3.8) is 0 Å². The Bertz CT molecular complexity index is 912. The van der Waals surface area contributed by atoms with Crippen LogP contribution < -0.4 is 15.4 Å². The maximum Gasteiger partial charge on any atom is 0.252 e. The number of aromatic nitrogens is 1. The summed E-state index contributed by atoms with van der Waals surface area (Å²) in [5.74, 6) is 0.678. The number of halogens is 1. The van der Waals surface area contributed by atoms with Crippen molar-refractivity contribution >= 4 is 23.2 Å². The number of methoxy groups -OCH3 is 1. The van der Waals surface area contributed by atoms with Crippen LogP contribution in [0.3, 0.4) is 0 Å². The zero-order valence-electron chi connectivity index (χ0n) is 15.6. The van der Waals surface area contributed by atoms with E-state index < -0.39 is 0 Å². The van der Waals surface area contributed by atoms with E-state index in [-0.39, 0.29) is 5.91 Å². The van der Waals surface area contributed by atoms with E-state index in [0.29, 0.717) is 23.7 Å². The molecule has 0 aliphatic carbocycles. The van der Waals surface area contributed by atoms with Crippen LogP contribution in [0.1, 0.15) is 21.5 Å². The lowest BCUT2D eigenvalue weighted by Crippen LogP contribution is -2.25. The van der Waals surface area contributed by atoms with Gasteiger partial charge in [-0.15, -0.1) is 0 Å². The highest BCUT2D eigenvalue weighted by Gasteiger charge is 2.07. The molecular formula is C22H22ClN3O2. The molecule has 6 heteroatoms. The van der Waals surface area contributed by atoms with Crippen LogP contribution in [-0.4, -0.2) is 24.5 Å². The van der Waals surface area contributed by atoms with Gasteiger partial charge in [-0.2, -0.15) is 0 Å². The molecular weight excluding hydrogens is 374 g/mol. The second-order valence-electron chi connectivity index (χ2n) is 6.30. The minimum atomic E-state index is -0.144. The number of nitrogens with one attached hydrogen (secondary N) is 2. The third kappa shape index (κ3) is 5.72. The number of amides is 1. The number of carbonyl (C=O) groups is 1. The first kappa shape index (κ1) is 19.7. The largest absolute Gasteiger partial charge is 0.497 e. The lowest BCUT2D eigenvalue weighted by atomic mass is 10.1. The van der Waals surface area contributed by atoms with Crippen molar-refractivity contribution in [3.8, 4) is 5.75 Å². The number of anilines is 1. The third-order valence-electron chi connectivity index (χ3n) is 4.27. The Labute approximate surface area is 169 Å². The molecule has 2 aromatic carbocycles. The molecule has 0 fully saturated rings. The minimum Gasteiger partial charge on any atom is -0.497 e. The zero-order chi connectivity index (χ0) is 19.8. The number of rotatable bonds is 8. The average molecular weight is 396 g/mol. The summed E-state index contributed by atoms with van der Waals surface area (Å²) in [6, 6.07) is 17.2. The first-order valence-electron chi connectivity index (χ1n) is 8.98. The Kier molecular flexibility index (Phi) is 6.87. The molecule has 0 atom stereocenters. The van der Waals surface area contributed by atoms with Crippen LogP contribution in [0.25, 0.3) is 0 Å². The molecule has 0 saturated heterocycles. The van der Waals surface area contributed by atoms with Crippen LogP contribution in [0, 0.1) is 0 Å². The van der Waals surface area contributed by atoms with Crippen LogP contribution in [-0.2, 0) is 13.0 Å². The highest BCUT2D eigenvalue weighted by molar-refractivity contribution is 6.30. The number of benzene rings is 2. The van der Waals surface area contributed by atoms with Gasteiger partial charge in [-0.05, 0) is 47.9 Å². The Hall–Kier alpha value is -3.05. The quantitative estimate of drug-likeness (QED) is 0.596. The van der Waals surface area contributed by atoms with Crippen LogP contribution in [0.15, 0.2) is 67.0 Å². The van der Waals surface area contributed by atoms with E-state index in [1.807, 2.05) is 48.5 Å². The fourth-order valence-electron chi connectivity index (χ4n) is 2.68. The Balaban J connectivity index is 1.51. The van der Waals surface area contributed by atoms with Gasteiger partial charge in [0.2, 0.25) is 0 Å².